The number of ether oxygens (including phenoxy) is 3. The second-order valence-electron chi connectivity index (χ2n) is 22.7. The van der Waals surface area contributed by atoms with Crippen LogP contribution in [0.5, 0.6) is 11.5 Å². The number of phenols is 1. The van der Waals surface area contributed by atoms with Gasteiger partial charge >= 0.3 is 29.1 Å². The van der Waals surface area contributed by atoms with Crippen molar-refractivity contribution in [1.82, 2.24) is 15.2 Å². The van der Waals surface area contributed by atoms with Gasteiger partial charge < -0.3 is 34.4 Å². The van der Waals surface area contributed by atoms with Crippen LogP contribution in [0.15, 0.2) is 45.6 Å². The highest BCUT2D eigenvalue weighted by Gasteiger charge is 2.20. The van der Waals surface area contributed by atoms with Gasteiger partial charge in [-0.1, -0.05) is 213 Å². The van der Waals surface area contributed by atoms with Crippen LogP contribution in [0.2, 0.25) is 0 Å². The van der Waals surface area contributed by atoms with Crippen LogP contribution in [0.25, 0.3) is 11.1 Å². The maximum atomic E-state index is 12.9. The Kier molecular flexibility index (Phi) is 40.7. The number of nitrogens with one attached hydrogen (secondary N) is 2. The smallest absolute Gasteiger partial charge is 0.420 e. The van der Waals surface area contributed by atoms with Crippen LogP contribution in [-0.4, -0.2) is 83.3 Å². The van der Waals surface area contributed by atoms with E-state index in [0.717, 1.165) is 44.1 Å². The van der Waals surface area contributed by atoms with Crippen molar-refractivity contribution in [2.45, 2.75) is 265 Å². The van der Waals surface area contributed by atoms with Crippen molar-refractivity contribution >= 4 is 46.2 Å². The maximum Gasteiger partial charge on any atom is 0.420 e. The van der Waals surface area contributed by atoms with Crippen LogP contribution >= 0.6 is 0 Å². The number of aromatic hydroxyl groups is 1. The molecular formula is C65H107N3O13S. The third kappa shape index (κ3) is 35.4. The summed E-state index contributed by atoms with van der Waals surface area (Å²) >= 11 is -2.21. The van der Waals surface area contributed by atoms with E-state index in [0.29, 0.717) is 42.5 Å². The fourth-order valence-electron chi connectivity index (χ4n) is 9.92. The van der Waals surface area contributed by atoms with Crippen LogP contribution in [0.3, 0.4) is 0 Å². The average Bonchev–Trinajstić information content (AvgIpc) is 3.95. The Bertz CT molecular complexity index is 2270. The van der Waals surface area contributed by atoms with Crippen molar-refractivity contribution in [2.75, 3.05) is 39.5 Å². The Morgan fingerprint density at radius 3 is 1.68 bits per heavy atom. The predicted molar refractivity (Wildman–Crippen MR) is 327 cm³/mol. The largest absolute Gasteiger partial charge is 0.504 e. The number of carbonyl (C=O) groups is 4. The van der Waals surface area contributed by atoms with Gasteiger partial charge in [-0.05, 0) is 73.9 Å². The molecule has 0 radical (unpaired) electrons. The molecule has 3 unspecified atom stereocenters. The second kappa shape index (κ2) is 46.6. The van der Waals surface area contributed by atoms with Gasteiger partial charge in [0.05, 0.1) is 18.7 Å². The van der Waals surface area contributed by atoms with E-state index < -0.39 is 29.2 Å². The van der Waals surface area contributed by atoms with Crippen molar-refractivity contribution < 1.29 is 55.5 Å². The minimum atomic E-state index is -2.21. The molecular weight excluding hydrogens is 1060 g/mol. The van der Waals surface area contributed by atoms with Crippen LogP contribution in [0, 0.1) is 12.8 Å². The number of esters is 2. The van der Waals surface area contributed by atoms with E-state index in [9.17, 15) is 33.3 Å². The van der Waals surface area contributed by atoms with E-state index in [1.807, 2.05) is 26.0 Å². The molecule has 0 saturated carbocycles. The standard InChI is InChI=1S/C65H107N3O13S/c1-5-7-9-11-13-15-17-19-21-23-25-27-29-31-33-35-63(72)77-50-56(80-64(73)36-34-32-30-28-26-24-22-20-18-16-14-12-10-8-6-2)51-79-82(75)78-46-45-67-61(70)42-38-53(3)43-44-66-62(71)52-76-60-41-39-55(48-58(60)69)49-68-57-47-54(4)37-40-59(57)81-65(68)74/h37,39-41,47-48,53,56,69H,5-36,38,42-46,49-52H2,1-4H3,(H,66,71)(H,67,70). The van der Waals surface area contributed by atoms with Gasteiger partial charge in [0.2, 0.25) is 5.91 Å². The Morgan fingerprint density at radius 2 is 1.13 bits per heavy atom. The van der Waals surface area contributed by atoms with Crippen molar-refractivity contribution in [2.24, 2.45) is 5.92 Å². The van der Waals surface area contributed by atoms with Gasteiger partial charge in [0.15, 0.2) is 29.8 Å². The molecule has 2 aromatic carbocycles. The molecule has 0 fully saturated rings. The normalized spacial score (nSPS) is 12.5. The van der Waals surface area contributed by atoms with Crippen LogP contribution < -0.4 is 21.1 Å². The van der Waals surface area contributed by atoms with E-state index in [1.54, 1.807) is 18.2 Å². The summed E-state index contributed by atoms with van der Waals surface area (Å²) < 4.78 is 46.9. The average molecular weight is 1170 g/mol. The lowest BCUT2D eigenvalue weighted by atomic mass is 10.0. The van der Waals surface area contributed by atoms with Gasteiger partial charge in [0.1, 0.15) is 13.2 Å². The topological polar surface area (TPSA) is 211 Å². The molecule has 0 spiro atoms. The second-order valence-corrected chi connectivity index (χ2v) is 23.5. The lowest BCUT2D eigenvalue weighted by Gasteiger charge is -2.18. The third-order valence-corrected chi connectivity index (χ3v) is 15.7. The van der Waals surface area contributed by atoms with Crippen LogP contribution in [-0.2, 0) is 54.9 Å². The summed E-state index contributed by atoms with van der Waals surface area (Å²) in [6, 6.07) is 10.2. The molecule has 0 aliphatic rings. The number of hydrogen-bond donors (Lipinski definition) is 3. The Hall–Kier alpha value is -4.74. The number of oxazole rings is 1. The SMILES string of the molecule is CCCCCCCCCCCCCCCCCC(=O)OCC(COS(=O)OCCNC(=O)CCC(C)CCNC(=O)COc1ccc(Cn2c(=O)oc3ccc(C)cc32)cc1O)OC(=O)CCCCCCCCCCCCCCCCC. The van der Waals surface area contributed by atoms with Crippen LogP contribution in [0.1, 0.15) is 257 Å². The third-order valence-electron chi connectivity index (χ3n) is 15.0. The number of unbranched alkanes of at least 4 members (excludes halogenated alkanes) is 28. The highest BCUT2D eigenvalue weighted by atomic mass is 32.2. The first-order chi connectivity index (χ1) is 39.9. The highest BCUT2D eigenvalue weighted by Crippen LogP contribution is 2.28. The van der Waals surface area contributed by atoms with Crippen molar-refractivity contribution in [3.63, 3.8) is 0 Å². The first-order valence-electron chi connectivity index (χ1n) is 32.0. The molecule has 16 nitrogen and oxygen atoms in total. The van der Waals surface area contributed by atoms with Gasteiger partial charge in [-0.2, -0.15) is 4.21 Å². The Morgan fingerprint density at radius 1 is 0.610 bits per heavy atom. The van der Waals surface area contributed by atoms with E-state index in [2.05, 4.69) is 24.5 Å². The number of rotatable bonds is 53. The number of hydrogen-bond acceptors (Lipinski definition) is 13. The Balaban J connectivity index is 1.27. The molecule has 3 aromatic rings. The summed E-state index contributed by atoms with van der Waals surface area (Å²) in [5, 5.41) is 16.1. The number of aromatic nitrogens is 1. The number of aryl methyl sites for hydroxylation is 1. The van der Waals surface area contributed by atoms with E-state index >= 15 is 0 Å². The zero-order chi connectivity index (χ0) is 59.3. The number of carbonyl (C=O) groups excluding carboxylic acids is 4. The molecule has 1 aromatic heterocycles. The summed E-state index contributed by atoms with van der Waals surface area (Å²) in [7, 11) is 0. The van der Waals surface area contributed by atoms with Gasteiger partial charge in [-0.15, -0.1) is 0 Å². The summed E-state index contributed by atoms with van der Waals surface area (Å²) in [6.07, 6.45) is 37.9. The molecule has 3 atom stereocenters. The van der Waals surface area contributed by atoms with E-state index in [4.69, 9.17) is 27.0 Å². The molecule has 82 heavy (non-hydrogen) atoms. The first-order valence-corrected chi connectivity index (χ1v) is 33.0. The van der Waals surface area contributed by atoms with Gasteiger partial charge in [-0.25, -0.2) is 4.79 Å². The Labute approximate surface area is 494 Å². The molecule has 1 heterocycles. The number of nitrogens with zero attached hydrogens (tertiary/aromatic N) is 1. The highest BCUT2D eigenvalue weighted by molar-refractivity contribution is 7.75. The maximum absolute atomic E-state index is 12.9. The fourth-order valence-corrected chi connectivity index (χ4v) is 10.5. The number of amides is 2. The van der Waals surface area contributed by atoms with Gasteiger partial charge in [-0.3, -0.25) is 32.1 Å². The molecule has 0 aliphatic heterocycles. The minimum absolute atomic E-state index is 0.0899. The minimum Gasteiger partial charge on any atom is -0.504 e. The van der Waals surface area contributed by atoms with E-state index in [-0.39, 0.29) is 94.0 Å². The fraction of sp³-hybridized carbons (Fsp3) is 0.738. The van der Waals surface area contributed by atoms with Gasteiger partial charge in [0.25, 0.3) is 5.91 Å². The molecule has 3 rings (SSSR count). The number of fused-ring (bicyclic) bond motifs is 1. The molecule has 3 N–H and O–H groups in total. The summed E-state index contributed by atoms with van der Waals surface area (Å²) in [5.41, 5.74) is 2.77. The van der Waals surface area contributed by atoms with Crippen molar-refractivity contribution in [1.29, 1.82) is 0 Å². The summed E-state index contributed by atoms with van der Waals surface area (Å²) in [5.74, 6) is -1.79. The van der Waals surface area contributed by atoms with Crippen LogP contribution in [0.4, 0.5) is 0 Å². The zero-order valence-corrected chi connectivity index (χ0v) is 51.8. The molecule has 0 bridgehead atoms. The predicted octanol–water partition coefficient (Wildman–Crippen LogP) is 14.7. The van der Waals surface area contributed by atoms with Gasteiger partial charge in [0, 0.05) is 32.4 Å². The lowest BCUT2D eigenvalue weighted by Crippen LogP contribution is -2.31. The molecule has 17 heteroatoms. The molecule has 2 amide bonds. The van der Waals surface area contributed by atoms with E-state index in [1.165, 1.54) is 158 Å². The molecule has 0 aliphatic carbocycles. The molecule has 0 saturated heterocycles. The van der Waals surface area contributed by atoms with Crippen molar-refractivity contribution in [3.05, 3.63) is 58.1 Å². The summed E-state index contributed by atoms with van der Waals surface area (Å²) in [4.78, 5) is 63.2. The molecule has 466 valence electrons. The summed E-state index contributed by atoms with van der Waals surface area (Å²) in [6.45, 7) is 8.14. The number of benzene rings is 2. The quantitative estimate of drug-likeness (QED) is 0.0355. The first kappa shape index (κ1) is 71.5. The lowest BCUT2D eigenvalue weighted by molar-refractivity contribution is -0.161. The monoisotopic (exact) mass is 1170 g/mol. The number of phenolic OH excluding ortho intramolecular Hbond substituents is 1. The van der Waals surface area contributed by atoms with Crippen molar-refractivity contribution in [3.8, 4) is 11.5 Å². The zero-order valence-electron chi connectivity index (χ0n) is 51.0.